The number of fused-ring (bicyclic) bond motifs is 2. The van der Waals surface area contributed by atoms with E-state index in [0.29, 0.717) is 5.92 Å². The van der Waals surface area contributed by atoms with Gasteiger partial charge in [0, 0.05) is 10.8 Å². The third-order valence-electron chi connectivity index (χ3n) is 3.45. The van der Waals surface area contributed by atoms with Gasteiger partial charge in [0.2, 0.25) is 0 Å². The maximum absolute atomic E-state index is 4.72. The zero-order chi connectivity index (χ0) is 12.7. The van der Waals surface area contributed by atoms with E-state index in [1.165, 1.54) is 21.9 Å². The monoisotopic (exact) mass is 235 g/mol. The fourth-order valence-corrected chi connectivity index (χ4v) is 2.34. The molecule has 3 aromatic rings. The van der Waals surface area contributed by atoms with Gasteiger partial charge in [0.25, 0.3) is 0 Å². The normalized spacial score (nSPS) is 11.6. The molecule has 18 heavy (non-hydrogen) atoms. The Hall–Kier alpha value is -1.89. The van der Waals surface area contributed by atoms with E-state index in [1.807, 2.05) is 0 Å². The molecule has 0 aliphatic carbocycles. The zero-order valence-electron chi connectivity index (χ0n) is 11.1. The third-order valence-corrected chi connectivity index (χ3v) is 3.45. The Morgan fingerprint density at radius 1 is 0.833 bits per heavy atom. The van der Waals surface area contributed by atoms with Gasteiger partial charge in [0.15, 0.2) is 0 Å². The smallest absolute Gasteiger partial charge is 0.0709 e. The van der Waals surface area contributed by atoms with Gasteiger partial charge in [-0.15, -0.1) is 0 Å². The molecule has 0 saturated carbocycles. The first-order chi connectivity index (χ1) is 8.63. The molecule has 90 valence electrons. The van der Waals surface area contributed by atoms with Crippen LogP contribution in [-0.4, -0.2) is 4.98 Å². The first-order valence-corrected chi connectivity index (χ1v) is 6.44. The van der Waals surface area contributed by atoms with E-state index in [4.69, 9.17) is 4.98 Å². The Balaban J connectivity index is 2.31. The van der Waals surface area contributed by atoms with Crippen LogP contribution in [0.2, 0.25) is 0 Å². The highest BCUT2D eigenvalue weighted by Gasteiger charge is 2.03. The van der Waals surface area contributed by atoms with Crippen LogP contribution in [0.15, 0.2) is 42.5 Å². The average molecular weight is 235 g/mol. The van der Waals surface area contributed by atoms with Crippen LogP contribution in [-0.2, 0) is 0 Å². The van der Waals surface area contributed by atoms with Crippen molar-refractivity contribution in [1.29, 1.82) is 0 Å². The van der Waals surface area contributed by atoms with Crippen molar-refractivity contribution in [2.75, 3.05) is 0 Å². The second kappa shape index (κ2) is 4.09. The largest absolute Gasteiger partial charge is 0.248 e. The van der Waals surface area contributed by atoms with E-state index in [9.17, 15) is 0 Å². The van der Waals surface area contributed by atoms with Crippen LogP contribution in [0.3, 0.4) is 0 Å². The number of pyridine rings is 1. The van der Waals surface area contributed by atoms with Gasteiger partial charge < -0.3 is 0 Å². The summed E-state index contributed by atoms with van der Waals surface area (Å²) < 4.78 is 0. The van der Waals surface area contributed by atoms with Crippen LogP contribution in [0, 0.1) is 6.92 Å². The predicted molar refractivity (Wildman–Crippen MR) is 78.1 cm³/mol. The molecule has 1 nitrogen and oxygen atoms in total. The lowest BCUT2D eigenvalue weighted by Crippen LogP contribution is -1.89. The van der Waals surface area contributed by atoms with Crippen LogP contribution in [0.25, 0.3) is 21.8 Å². The number of hydrogen-bond donors (Lipinski definition) is 0. The molecule has 0 aliphatic rings. The lowest BCUT2D eigenvalue weighted by molar-refractivity contribution is 0.868. The summed E-state index contributed by atoms with van der Waals surface area (Å²) in [6.45, 7) is 6.56. The summed E-state index contributed by atoms with van der Waals surface area (Å²) in [6.07, 6.45) is 0. The number of benzene rings is 2. The molecule has 0 amide bonds. The van der Waals surface area contributed by atoms with Gasteiger partial charge in [-0.25, -0.2) is 4.98 Å². The van der Waals surface area contributed by atoms with Crippen molar-refractivity contribution >= 4 is 21.8 Å². The van der Waals surface area contributed by atoms with Crippen molar-refractivity contribution in [1.82, 2.24) is 4.98 Å². The van der Waals surface area contributed by atoms with E-state index in [-0.39, 0.29) is 0 Å². The van der Waals surface area contributed by atoms with E-state index in [2.05, 4.69) is 63.2 Å². The lowest BCUT2D eigenvalue weighted by Gasteiger charge is -2.08. The average Bonchev–Trinajstić information content (AvgIpc) is 2.35. The zero-order valence-corrected chi connectivity index (χ0v) is 11.1. The topological polar surface area (TPSA) is 12.9 Å². The van der Waals surface area contributed by atoms with Crippen molar-refractivity contribution < 1.29 is 0 Å². The van der Waals surface area contributed by atoms with E-state index < -0.39 is 0 Å². The minimum Gasteiger partial charge on any atom is -0.248 e. The van der Waals surface area contributed by atoms with Crippen LogP contribution in [0.1, 0.15) is 30.9 Å². The molecule has 0 bridgehead atoms. The van der Waals surface area contributed by atoms with Crippen LogP contribution in [0.4, 0.5) is 0 Å². The molecule has 0 radical (unpaired) electrons. The molecule has 0 N–H and O–H groups in total. The molecule has 1 aromatic heterocycles. The molecule has 2 aromatic carbocycles. The number of hydrogen-bond acceptors (Lipinski definition) is 1. The fourth-order valence-electron chi connectivity index (χ4n) is 2.34. The van der Waals surface area contributed by atoms with Gasteiger partial charge in [0.1, 0.15) is 0 Å². The Morgan fingerprint density at radius 3 is 2.22 bits per heavy atom. The standard InChI is InChI=1S/C17H17N/c1-11(2)13-5-7-17-15(9-13)10-14-8-12(3)4-6-16(14)18-17/h4-11H,1-3H3. The molecule has 0 unspecified atom stereocenters. The van der Waals surface area contributed by atoms with Gasteiger partial charge in [-0.3, -0.25) is 0 Å². The van der Waals surface area contributed by atoms with Crippen molar-refractivity contribution in [2.24, 2.45) is 0 Å². The number of rotatable bonds is 1. The minimum absolute atomic E-state index is 0.558. The van der Waals surface area contributed by atoms with Crippen LogP contribution < -0.4 is 0 Å². The third kappa shape index (κ3) is 1.86. The SMILES string of the molecule is Cc1ccc2nc3ccc(C(C)C)cc3cc2c1. The molecular weight excluding hydrogens is 218 g/mol. The molecular formula is C17H17N. The van der Waals surface area contributed by atoms with Gasteiger partial charge in [-0.2, -0.15) is 0 Å². The number of aryl methyl sites for hydroxylation is 1. The van der Waals surface area contributed by atoms with Crippen molar-refractivity contribution in [3.05, 3.63) is 53.6 Å². The second-order valence-electron chi connectivity index (χ2n) is 5.29. The fraction of sp³-hybridized carbons (Fsp3) is 0.235. The number of nitrogens with zero attached hydrogens (tertiary/aromatic N) is 1. The van der Waals surface area contributed by atoms with E-state index >= 15 is 0 Å². The summed E-state index contributed by atoms with van der Waals surface area (Å²) in [7, 11) is 0. The van der Waals surface area contributed by atoms with Crippen LogP contribution in [0.5, 0.6) is 0 Å². The molecule has 0 saturated heterocycles. The summed E-state index contributed by atoms with van der Waals surface area (Å²) in [4.78, 5) is 4.72. The maximum atomic E-state index is 4.72. The van der Waals surface area contributed by atoms with Gasteiger partial charge in [-0.05, 0) is 48.7 Å². The summed E-state index contributed by atoms with van der Waals surface area (Å²) in [5.74, 6) is 0.558. The van der Waals surface area contributed by atoms with Crippen molar-refractivity contribution in [2.45, 2.75) is 26.7 Å². The summed E-state index contributed by atoms with van der Waals surface area (Å²) in [5.41, 5.74) is 4.81. The Bertz CT molecular complexity index is 726. The first-order valence-electron chi connectivity index (χ1n) is 6.44. The molecule has 1 heteroatoms. The Morgan fingerprint density at radius 2 is 1.50 bits per heavy atom. The van der Waals surface area contributed by atoms with E-state index in [1.54, 1.807) is 0 Å². The maximum Gasteiger partial charge on any atom is 0.0709 e. The van der Waals surface area contributed by atoms with Crippen molar-refractivity contribution in [3.8, 4) is 0 Å². The van der Waals surface area contributed by atoms with E-state index in [0.717, 1.165) is 11.0 Å². The van der Waals surface area contributed by atoms with Gasteiger partial charge in [-0.1, -0.05) is 31.5 Å². The quantitative estimate of drug-likeness (QED) is 0.551. The molecule has 0 fully saturated rings. The molecule has 0 aliphatic heterocycles. The van der Waals surface area contributed by atoms with Gasteiger partial charge >= 0.3 is 0 Å². The Kier molecular flexibility index (Phi) is 2.55. The van der Waals surface area contributed by atoms with Gasteiger partial charge in [0.05, 0.1) is 11.0 Å². The highest BCUT2D eigenvalue weighted by molar-refractivity contribution is 5.93. The summed E-state index contributed by atoms with van der Waals surface area (Å²) in [6, 6.07) is 15.2. The highest BCUT2D eigenvalue weighted by Crippen LogP contribution is 2.24. The Labute approximate surface area is 107 Å². The summed E-state index contributed by atoms with van der Waals surface area (Å²) in [5, 5.41) is 2.46. The number of aromatic nitrogens is 1. The predicted octanol–water partition coefficient (Wildman–Crippen LogP) is 4.82. The molecule has 0 atom stereocenters. The highest BCUT2D eigenvalue weighted by atomic mass is 14.7. The first kappa shape index (κ1) is 11.2. The molecule has 0 spiro atoms. The minimum atomic E-state index is 0.558. The molecule has 1 heterocycles. The summed E-state index contributed by atoms with van der Waals surface area (Å²) >= 11 is 0. The van der Waals surface area contributed by atoms with Crippen LogP contribution >= 0.6 is 0 Å². The second-order valence-corrected chi connectivity index (χ2v) is 5.29. The van der Waals surface area contributed by atoms with Crippen molar-refractivity contribution in [3.63, 3.8) is 0 Å². The molecule has 3 rings (SSSR count). The lowest BCUT2D eigenvalue weighted by atomic mass is 10.00.